The van der Waals surface area contributed by atoms with E-state index in [-0.39, 0.29) is 5.78 Å². The largest absolute Gasteiger partial charge is 0.455 e. The first-order chi connectivity index (χ1) is 8.78. The molecular formula is C14H14O3S. The van der Waals surface area contributed by atoms with Crippen LogP contribution in [0.25, 0.3) is 0 Å². The maximum absolute atomic E-state index is 12.2. The normalized spacial score (nSPS) is 13.8. The molecule has 1 aliphatic rings. The van der Waals surface area contributed by atoms with Crippen LogP contribution in [0, 0.1) is 0 Å². The van der Waals surface area contributed by atoms with E-state index in [1.807, 2.05) is 6.07 Å². The van der Waals surface area contributed by atoms with Gasteiger partial charge in [0.2, 0.25) is 5.78 Å². The number of hydrogen-bond acceptors (Lipinski definition) is 4. The Morgan fingerprint density at radius 2 is 2.33 bits per heavy atom. The number of fused-ring (bicyclic) bond motifs is 1. The molecule has 0 saturated carbocycles. The fraction of sp³-hybridized carbons (Fsp3) is 0.357. The lowest BCUT2D eigenvalue weighted by Crippen LogP contribution is -1.96. The Morgan fingerprint density at radius 3 is 3.11 bits per heavy atom. The van der Waals surface area contributed by atoms with Crippen LogP contribution in [0.4, 0.5) is 0 Å². The molecule has 0 N–H and O–H groups in total. The molecular weight excluding hydrogens is 248 g/mol. The Morgan fingerprint density at radius 1 is 1.44 bits per heavy atom. The summed E-state index contributed by atoms with van der Waals surface area (Å²) in [5.74, 6) is 1.07. The highest BCUT2D eigenvalue weighted by molar-refractivity contribution is 7.14. The monoisotopic (exact) mass is 262 g/mol. The van der Waals surface area contributed by atoms with Crippen LogP contribution < -0.4 is 0 Å². The summed E-state index contributed by atoms with van der Waals surface area (Å²) in [4.78, 5) is 14.4. The lowest BCUT2D eigenvalue weighted by Gasteiger charge is -1.95. The van der Waals surface area contributed by atoms with Gasteiger partial charge < -0.3 is 9.15 Å². The topological polar surface area (TPSA) is 39.4 Å². The molecule has 0 radical (unpaired) electrons. The fourth-order valence-corrected chi connectivity index (χ4v) is 3.48. The van der Waals surface area contributed by atoms with Crippen molar-refractivity contribution in [1.29, 1.82) is 0 Å². The third-order valence-corrected chi connectivity index (χ3v) is 4.38. The first-order valence-corrected chi connectivity index (χ1v) is 6.83. The predicted octanol–water partition coefficient (Wildman–Crippen LogP) is 3.21. The van der Waals surface area contributed by atoms with Gasteiger partial charge in [0.05, 0.1) is 4.88 Å². The predicted molar refractivity (Wildman–Crippen MR) is 69.2 cm³/mol. The van der Waals surface area contributed by atoms with Crippen molar-refractivity contribution in [3.63, 3.8) is 0 Å². The number of carbonyl (C=O) groups excluding carboxylic acids is 1. The number of methoxy groups -OCH3 is 1. The molecule has 0 saturated heterocycles. The molecule has 2 aromatic rings. The van der Waals surface area contributed by atoms with Crippen molar-refractivity contribution in [1.82, 2.24) is 0 Å². The molecule has 0 spiro atoms. The highest BCUT2D eigenvalue weighted by Crippen LogP contribution is 2.32. The lowest BCUT2D eigenvalue weighted by molar-refractivity contribution is 0.100. The van der Waals surface area contributed by atoms with Crippen LogP contribution in [0.2, 0.25) is 0 Å². The number of furan rings is 1. The molecule has 94 valence electrons. The van der Waals surface area contributed by atoms with Gasteiger partial charge in [-0.15, -0.1) is 11.3 Å². The standard InChI is InChI=1S/C14H14O3S/c1-16-8-10-5-6-11(17-10)14(15)13-7-9-3-2-4-12(9)18-13/h5-7H,2-4,8H2,1H3. The molecule has 2 heterocycles. The van der Waals surface area contributed by atoms with E-state index in [1.165, 1.54) is 16.9 Å². The molecule has 18 heavy (non-hydrogen) atoms. The van der Waals surface area contributed by atoms with E-state index in [0.29, 0.717) is 18.1 Å². The van der Waals surface area contributed by atoms with E-state index in [2.05, 4.69) is 0 Å². The molecule has 0 aromatic carbocycles. The summed E-state index contributed by atoms with van der Waals surface area (Å²) in [6, 6.07) is 5.54. The average molecular weight is 262 g/mol. The number of carbonyl (C=O) groups is 1. The second-order valence-corrected chi connectivity index (χ2v) is 5.58. The molecule has 1 aliphatic carbocycles. The van der Waals surface area contributed by atoms with Gasteiger partial charge in [-0.1, -0.05) is 0 Å². The summed E-state index contributed by atoms with van der Waals surface area (Å²) in [7, 11) is 1.60. The molecule has 0 unspecified atom stereocenters. The van der Waals surface area contributed by atoms with Crippen LogP contribution in [-0.4, -0.2) is 12.9 Å². The third-order valence-electron chi connectivity index (χ3n) is 3.14. The summed E-state index contributed by atoms with van der Waals surface area (Å²) < 4.78 is 10.4. The zero-order valence-corrected chi connectivity index (χ0v) is 11.0. The van der Waals surface area contributed by atoms with Crippen molar-refractivity contribution in [2.45, 2.75) is 25.9 Å². The summed E-state index contributed by atoms with van der Waals surface area (Å²) >= 11 is 1.61. The van der Waals surface area contributed by atoms with Crippen LogP contribution in [0.5, 0.6) is 0 Å². The third kappa shape index (κ3) is 2.02. The van der Waals surface area contributed by atoms with Crippen molar-refractivity contribution in [2.24, 2.45) is 0 Å². The SMILES string of the molecule is COCc1ccc(C(=O)c2cc3c(s2)CCC3)o1. The molecule has 0 fully saturated rings. The first-order valence-electron chi connectivity index (χ1n) is 6.02. The Labute approximate surface area is 109 Å². The quantitative estimate of drug-likeness (QED) is 0.794. The van der Waals surface area contributed by atoms with Crippen LogP contribution in [-0.2, 0) is 24.2 Å². The van der Waals surface area contributed by atoms with Gasteiger partial charge in [0, 0.05) is 12.0 Å². The van der Waals surface area contributed by atoms with Crippen molar-refractivity contribution in [2.75, 3.05) is 7.11 Å². The number of thiophene rings is 1. The van der Waals surface area contributed by atoms with E-state index in [4.69, 9.17) is 9.15 Å². The lowest BCUT2D eigenvalue weighted by atomic mass is 10.2. The minimum atomic E-state index is -0.0169. The van der Waals surface area contributed by atoms with Gasteiger partial charge in [0.1, 0.15) is 12.4 Å². The molecule has 0 atom stereocenters. The zero-order chi connectivity index (χ0) is 12.5. The van der Waals surface area contributed by atoms with Gasteiger partial charge in [-0.05, 0) is 43.0 Å². The van der Waals surface area contributed by atoms with Gasteiger partial charge >= 0.3 is 0 Å². The Kier molecular flexibility index (Phi) is 3.06. The fourth-order valence-electron chi connectivity index (χ4n) is 2.28. The smallest absolute Gasteiger partial charge is 0.238 e. The Balaban J connectivity index is 1.84. The van der Waals surface area contributed by atoms with Crippen LogP contribution in [0.15, 0.2) is 22.6 Å². The highest BCUT2D eigenvalue weighted by atomic mass is 32.1. The summed E-state index contributed by atoms with van der Waals surface area (Å²) in [6.07, 6.45) is 3.43. The number of ketones is 1. The minimum Gasteiger partial charge on any atom is -0.455 e. The highest BCUT2D eigenvalue weighted by Gasteiger charge is 2.21. The molecule has 0 aliphatic heterocycles. The zero-order valence-electron chi connectivity index (χ0n) is 10.2. The number of hydrogen-bond donors (Lipinski definition) is 0. The van der Waals surface area contributed by atoms with Gasteiger partial charge in [-0.25, -0.2) is 0 Å². The maximum atomic E-state index is 12.2. The van der Waals surface area contributed by atoms with E-state index >= 15 is 0 Å². The molecule has 4 heteroatoms. The van der Waals surface area contributed by atoms with Crippen molar-refractivity contribution >= 4 is 17.1 Å². The molecule has 2 aromatic heterocycles. The van der Waals surface area contributed by atoms with Crippen molar-refractivity contribution < 1.29 is 13.9 Å². The molecule has 3 rings (SSSR count). The Bertz CT molecular complexity index is 558. The van der Waals surface area contributed by atoms with E-state index < -0.39 is 0 Å². The maximum Gasteiger partial charge on any atom is 0.238 e. The second kappa shape index (κ2) is 4.71. The minimum absolute atomic E-state index is 0.0169. The van der Waals surface area contributed by atoms with E-state index in [0.717, 1.165) is 17.7 Å². The van der Waals surface area contributed by atoms with Crippen molar-refractivity contribution in [3.05, 3.63) is 45.0 Å². The average Bonchev–Trinajstić information content (AvgIpc) is 3.02. The van der Waals surface area contributed by atoms with Gasteiger partial charge in [0.15, 0.2) is 5.76 Å². The van der Waals surface area contributed by atoms with Crippen LogP contribution >= 0.6 is 11.3 Å². The van der Waals surface area contributed by atoms with Gasteiger partial charge in [-0.3, -0.25) is 4.79 Å². The molecule has 0 amide bonds. The van der Waals surface area contributed by atoms with E-state index in [1.54, 1.807) is 30.6 Å². The summed E-state index contributed by atoms with van der Waals surface area (Å²) in [5, 5.41) is 0. The van der Waals surface area contributed by atoms with Gasteiger partial charge in [0.25, 0.3) is 0 Å². The van der Waals surface area contributed by atoms with Crippen LogP contribution in [0.3, 0.4) is 0 Å². The van der Waals surface area contributed by atoms with Gasteiger partial charge in [-0.2, -0.15) is 0 Å². The molecule has 0 bridgehead atoms. The van der Waals surface area contributed by atoms with Crippen LogP contribution in [0.1, 0.15) is 38.1 Å². The number of aryl methyl sites for hydroxylation is 2. The first kappa shape index (κ1) is 11.7. The summed E-state index contributed by atoms with van der Waals surface area (Å²) in [6.45, 7) is 0.397. The number of ether oxygens (including phenoxy) is 1. The Hall–Kier alpha value is -1.39. The summed E-state index contributed by atoms with van der Waals surface area (Å²) in [5.41, 5.74) is 1.34. The van der Waals surface area contributed by atoms with E-state index in [9.17, 15) is 4.79 Å². The van der Waals surface area contributed by atoms with Crippen molar-refractivity contribution in [3.8, 4) is 0 Å². The molecule has 3 nitrogen and oxygen atoms in total. The second-order valence-electron chi connectivity index (χ2n) is 4.44. The number of rotatable bonds is 4.